The van der Waals surface area contributed by atoms with Crippen molar-refractivity contribution >= 4 is 0 Å². The van der Waals surface area contributed by atoms with E-state index in [1.165, 1.54) is 12.0 Å². The Kier molecular flexibility index (Phi) is 4.40. The van der Waals surface area contributed by atoms with Gasteiger partial charge in [0.05, 0.1) is 0 Å². The van der Waals surface area contributed by atoms with E-state index in [1.54, 1.807) is 6.07 Å². The molecule has 0 radical (unpaired) electrons. The predicted molar refractivity (Wildman–Crippen MR) is 70.2 cm³/mol. The monoisotopic (exact) mass is 234 g/mol. The summed E-state index contributed by atoms with van der Waals surface area (Å²) in [6, 6.07) is 8.17. The van der Waals surface area contributed by atoms with Gasteiger partial charge >= 0.3 is 0 Å². The van der Waals surface area contributed by atoms with E-state index in [-0.39, 0.29) is 0 Å². The molecule has 1 fully saturated rings. The lowest BCUT2D eigenvalue weighted by Crippen LogP contribution is -2.45. The van der Waals surface area contributed by atoms with Crippen molar-refractivity contribution in [2.75, 3.05) is 26.2 Å². The summed E-state index contributed by atoms with van der Waals surface area (Å²) in [7, 11) is 0. The van der Waals surface area contributed by atoms with Gasteiger partial charge in [0.2, 0.25) is 0 Å². The molecule has 1 atom stereocenters. The minimum Gasteiger partial charge on any atom is -0.508 e. The Hall–Kier alpha value is -1.06. The second-order valence-electron chi connectivity index (χ2n) is 4.69. The molecule has 1 aromatic carbocycles. The van der Waals surface area contributed by atoms with Crippen LogP contribution in [0.25, 0.3) is 0 Å². The van der Waals surface area contributed by atoms with Gasteiger partial charge in [-0.3, -0.25) is 4.90 Å². The largest absolute Gasteiger partial charge is 0.508 e. The van der Waals surface area contributed by atoms with Crippen LogP contribution in [0.4, 0.5) is 0 Å². The van der Waals surface area contributed by atoms with Gasteiger partial charge in [-0.1, -0.05) is 25.5 Å². The third kappa shape index (κ3) is 3.20. The zero-order valence-electron chi connectivity index (χ0n) is 10.5. The normalized spacial score (nSPS) is 19.1. The van der Waals surface area contributed by atoms with Crippen molar-refractivity contribution in [3.05, 3.63) is 29.8 Å². The lowest BCUT2D eigenvalue weighted by molar-refractivity contribution is 0.164. The summed E-state index contributed by atoms with van der Waals surface area (Å²) in [5.41, 5.74) is 1.24. The van der Waals surface area contributed by atoms with Crippen molar-refractivity contribution in [3.63, 3.8) is 0 Å². The molecule has 2 rings (SSSR count). The highest BCUT2D eigenvalue weighted by Crippen LogP contribution is 2.28. The Morgan fingerprint density at radius 2 is 2.12 bits per heavy atom. The standard InChI is InChI=1S/C14H22N2O/c1-2-4-14(16-9-7-15-8-10-16)12-5-3-6-13(17)11-12/h3,5-6,11,14-15,17H,2,4,7-10H2,1H3/t14-/m0/s1. The fraction of sp³-hybridized carbons (Fsp3) is 0.571. The number of nitrogens with one attached hydrogen (secondary N) is 1. The van der Waals surface area contributed by atoms with Crippen LogP contribution in [0.15, 0.2) is 24.3 Å². The van der Waals surface area contributed by atoms with Gasteiger partial charge in [-0.25, -0.2) is 0 Å². The number of benzene rings is 1. The zero-order valence-corrected chi connectivity index (χ0v) is 10.5. The zero-order chi connectivity index (χ0) is 12.1. The maximum absolute atomic E-state index is 9.60. The van der Waals surface area contributed by atoms with E-state index >= 15 is 0 Å². The lowest BCUT2D eigenvalue weighted by Gasteiger charge is -2.35. The summed E-state index contributed by atoms with van der Waals surface area (Å²) in [5.74, 6) is 0.374. The average molecular weight is 234 g/mol. The fourth-order valence-corrected chi connectivity index (χ4v) is 2.56. The molecule has 0 saturated carbocycles. The van der Waals surface area contributed by atoms with Gasteiger partial charge in [0.25, 0.3) is 0 Å². The van der Waals surface area contributed by atoms with E-state index in [9.17, 15) is 5.11 Å². The topological polar surface area (TPSA) is 35.5 Å². The van der Waals surface area contributed by atoms with Gasteiger partial charge in [-0.15, -0.1) is 0 Å². The summed E-state index contributed by atoms with van der Waals surface area (Å²) in [6.45, 7) is 6.55. The molecule has 1 aliphatic rings. The van der Waals surface area contributed by atoms with Crippen molar-refractivity contribution < 1.29 is 5.11 Å². The second-order valence-corrected chi connectivity index (χ2v) is 4.69. The van der Waals surface area contributed by atoms with Crippen molar-refractivity contribution in [1.82, 2.24) is 10.2 Å². The van der Waals surface area contributed by atoms with E-state index in [4.69, 9.17) is 0 Å². The highest BCUT2D eigenvalue weighted by molar-refractivity contribution is 5.29. The molecule has 1 saturated heterocycles. The van der Waals surface area contributed by atoms with Gasteiger partial charge in [0.1, 0.15) is 5.75 Å². The minimum atomic E-state index is 0.374. The molecule has 3 heteroatoms. The quantitative estimate of drug-likeness (QED) is 0.838. The summed E-state index contributed by atoms with van der Waals surface area (Å²) in [6.07, 6.45) is 2.33. The molecule has 1 aromatic rings. The van der Waals surface area contributed by atoms with Crippen molar-refractivity contribution in [3.8, 4) is 5.75 Å². The van der Waals surface area contributed by atoms with Crippen LogP contribution >= 0.6 is 0 Å². The molecule has 0 bridgehead atoms. The first kappa shape index (κ1) is 12.4. The summed E-state index contributed by atoms with van der Waals surface area (Å²) < 4.78 is 0. The second kappa shape index (κ2) is 6.03. The van der Waals surface area contributed by atoms with Crippen LogP contribution in [-0.2, 0) is 0 Å². The Labute approximate surface area is 103 Å². The van der Waals surface area contributed by atoms with Crippen molar-refractivity contribution in [2.45, 2.75) is 25.8 Å². The molecule has 0 spiro atoms. The highest BCUT2D eigenvalue weighted by atomic mass is 16.3. The Balaban J connectivity index is 2.15. The Morgan fingerprint density at radius 3 is 2.76 bits per heavy atom. The van der Waals surface area contributed by atoms with Gasteiger partial charge in [-0.05, 0) is 24.1 Å². The first-order valence-corrected chi connectivity index (χ1v) is 6.55. The SMILES string of the molecule is CCC[C@@H](c1cccc(O)c1)N1CCNCC1. The molecule has 3 nitrogen and oxygen atoms in total. The molecule has 17 heavy (non-hydrogen) atoms. The number of hydrogen-bond acceptors (Lipinski definition) is 3. The number of rotatable bonds is 4. The van der Waals surface area contributed by atoms with Crippen LogP contribution in [0.1, 0.15) is 31.4 Å². The molecular weight excluding hydrogens is 212 g/mol. The van der Waals surface area contributed by atoms with E-state index in [0.717, 1.165) is 32.6 Å². The molecule has 0 aromatic heterocycles. The van der Waals surface area contributed by atoms with Crippen LogP contribution in [0.5, 0.6) is 5.75 Å². The number of hydrogen-bond donors (Lipinski definition) is 2. The summed E-state index contributed by atoms with van der Waals surface area (Å²) in [4.78, 5) is 2.52. The average Bonchev–Trinajstić information content (AvgIpc) is 2.37. The van der Waals surface area contributed by atoms with Crippen LogP contribution in [0.2, 0.25) is 0 Å². The molecule has 0 amide bonds. The van der Waals surface area contributed by atoms with Gasteiger partial charge in [0, 0.05) is 32.2 Å². The summed E-state index contributed by atoms with van der Waals surface area (Å²) >= 11 is 0. The third-order valence-electron chi connectivity index (χ3n) is 3.41. The maximum Gasteiger partial charge on any atom is 0.115 e. The van der Waals surface area contributed by atoms with Gasteiger partial charge in [-0.2, -0.15) is 0 Å². The molecule has 2 N–H and O–H groups in total. The smallest absolute Gasteiger partial charge is 0.115 e. The van der Waals surface area contributed by atoms with Crippen LogP contribution in [-0.4, -0.2) is 36.2 Å². The third-order valence-corrected chi connectivity index (χ3v) is 3.41. The first-order valence-electron chi connectivity index (χ1n) is 6.55. The molecule has 1 aliphatic heterocycles. The Bertz CT molecular complexity index is 348. The number of piperazine rings is 1. The van der Waals surface area contributed by atoms with E-state index in [2.05, 4.69) is 23.2 Å². The molecular formula is C14H22N2O. The minimum absolute atomic E-state index is 0.374. The Morgan fingerprint density at radius 1 is 1.35 bits per heavy atom. The summed E-state index contributed by atoms with van der Waals surface area (Å²) in [5, 5.41) is 13.0. The van der Waals surface area contributed by atoms with Gasteiger partial charge in [0.15, 0.2) is 0 Å². The molecule has 94 valence electrons. The number of phenolic OH excluding ortho intramolecular Hbond substituents is 1. The lowest BCUT2D eigenvalue weighted by atomic mass is 9.99. The van der Waals surface area contributed by atoms with Crippen molar-refractivity contribution in [1.29, 1.82) is 0 Å². The number of phenols is 1. The van der Waals surface area contributed by atoms with Crippen LogP contribution in [0.3, 0.4) is 0 Å². The molecule has 1 heterocycles. The predicted octanol–water partition coefficient (Wildman–Crippen LogP) is 2.14. The highest BCUT2D eigenvalue weighted by Gasteiger charge is 2.21. The van der Waals surface area contributed by atoms with Crippen molar-refractivity contribution in [2.24, 2.45) is 0 Å². The van der Waals surface area contributed by atoms with Crippen LogP contribution < -0.4 is 5.32 Å². The number of aromatic hydroxyl groups is 1. The fourth-order valence-electron chi connectivity index (χ4n) is 2.56. The van der Waals surface area contributed by atoms with E-state index in [1.807, 2.05) is 12.1 Å². The number of nitrogens with zero attached hydrogens (tertiary/aromatic N) is 1. The van der Waals surface area contributed by atoms with E-state index < -0.39 is 0 Å². The first-order chi connectivity index (χ1) is 8.31. The molecule has 0 unspecified atom stereocenters. The van der Waals surface area contributed by atoms with Gasteiger partial charge < -0.3 is 10.4 Å². The van der Waals surface area contributed by atoms with E-state index in [0.29, 0.717) is 11.8 Å². The maximum atomic E-state index is 9.60. The van der Waals surface area contributed by atoms with Crippen LogP contribution in [0, 0.1) is 0 Å². The molecule has 0 aliphatic carbocycles.